The van der Waals surface area contributed by atoms with Gasteiger partial charge in [0, 0.05) is 5.92 Å². The molecule has 1 aliphatic rings. The smallest absolute Gasteiger partial charge is 0.108 e. The summed E-state index contributed by atoms with van der Waals surface area (Å²) in [6.07, 6.45) is 13.2. The molecular formula is C19H25F. The number of rotatable bonds is 4. The maximum Gasteiger partial charge on any atom is 0.108 e. The van der Waals surface area contributed by atoms with Gasteiger partial charge < -0.3 is 0 Å². The molecule has 20 heavy (non-hydrogen) atoms. The maximum absolute atomic E-state index is 14.3. The van der Waals surface area contributed by atoms with E-state index in [0.29, 0.717) is 0 Å². The lowest BCUT2D eigenvalue weighted by Crippen LogP contribution is -2.26. The van der Waals surface area contributed by atoms with Crippen LogP contribution in [-0.4, -0.2) is 0 Å². The predicted molar refractivity (Wildman–Crippen MR) is 87.1 cm³/mol. The van der Waals surface area contributed by atoms with E-state index < -0.39 is 0 Å². The molecule has 0 fully saturated rings. The fourth-order valence-electron chi connectivity index (χ4n) is 2.76. The van der Waals surface area contributed by atoms with E-state index in [4.69, 9.17) is 0 Å². The van der Waals surface area contributed by atoms with Crippen LogP contribution in [0.5, 0.6) is 0 Å². The second-order valence-corrected chi connectivity index (χ2v) is 5.83. The Morgan fingerprint density at radius 1 is 1.35 bits per heavy atom. The number of halogens is 1. The van der Waals surface area contributed by atoms with E-state index in [9.17, 15) is 4.39 Å². The molecule has 0 saturated heterocycles. The zero-order chi connectivity index (χ0) is 15.3. The first-order valence-corrected chi connectivity index (χ1v) is 7.03. The first-order valence-electron chi connectivity index (χ1n) is 7.03. The highest BCUT2D eigenvalue weighted by Gasteiger charge is 2.34. The molecule has 0 nitrogen and oxygen atoms in total. The highest BCUT2D eigenvalue weighted by molar-refractivity contribution is 5.45. The molecule has 0 spiro atoms. The fraction of sp³-hybridized carbons (Fsp3) is 0.368. The van der Waals surface area contributed by atoms with Gasteiger partial charge in [-0.2, -0.15) is 0 Å². The number of allylic oxidation sites excluding steroid dienone is 11. The van der Waals surface area contributed by atoms with Crippen LogP contribution in [0.1, 0.15) is 34.6 Å². The molecule has 0 bridgehead atoms. The molecule has 1 aliphatic carbocycles. The highest BCUT2D eigenvalue weighted by Crippen LogP contribution is 2.43. The number of hydrogen-bond donors (Lipinski definition) is 0. The van der Waals surface area contributed by atoms with Crippen molar-refractivity contribution in [2.75, 3.05) is 0 Å². The minimum Gasteiger partial charge on any atom is -0.211 e. The van der Waals surface area contributed by atoms with Crippen molar-refractivity contribution in [3.63, 3.8) is 0 Å². The van der Waals surface area contributed by atoms with E-state index in [-0.39, 0.29) is 17.2 Å². The van der Waals surface area contributed by atoms with E-state index in [1.807, 2.05) is 39.0 Å². The number of hydrogen-bond acceptors (Lipinski definition) is 0. The quantitative estimate of drug-likeness (QED) is 0.544. The first-order chi connectivity index (χ1) is 9.35. The second-order valence-electron chi connectivity index (χ2n) is 5.83. The third kappa shape index (κ3) is 3.47. The van der Waals surface area contributed by atoms with E-state index in [2.05, 4.69) is 26.5 Å². The van der Waals surface area contributed by atoms with E-state index >= 15 is 0 Å². The maximum atomic E-state index is 14.3. The molecule has 1 unspecified atom stereocenters. The van der Waals surface area contributed by atoms with Crippen LogP contribution in [0.15, 0.2) is 71.7 Å². The van der Waals surface area contributed by atoms with Crippen molar-refractivity contribution in [3.8, 4) is 0 Å². The van der Waals surface area contributed by atoms with Crippen LogP contribution < -0.4 is 0 Å². The lowest BCUT2D eigenvalue weighted by molar-refractivity contribution is 0.313. The largest absolute Gasteiger partial charge is 0.211 e. The Morgan fingerprint density at radius 3 is 2.50 bits per heavy atom. The predicted octanol–water partition coefficient (Wildman–Crippen LogP) is 6.08. The Morgan fingerprint density at radius 2 is 2.00 bits per heavy atom. The van der Waals surface area contributed by atoms with Gasteiger partial charge in [-0.3, -0.25) is 0 Å². The SMILES string of the molecule is C=C/C=C(\C=C/C)C(/C)=C(/C)C1C(F)=CC=CC1(C)C. The van der Waals surface area contributed by atoms with Gasteiger partial charge in [-0.25, -0.2) is 4.39 Å². The third-order valence-electron chi connectivity index (χ3n) is 3.90. The van der Waals surface area contributed by atoms with Crippen LogP contribution in [0.3, 0.4) is 0 Å². The Hall–Kier alpha value is -1.63. The molecule has 1 atom stereocenters. The molecular weight excluding hydrogens is 247 g/mol. The molecule has 0 heterocycles. The van der Waals surface area contributed by atoms with Crippen molar-refractivity contribution in [2.24, 2.45) is 11.3 Å². The van der Waals surface area contributed by atoms with Crippen molar-refractivity contribution >= 4 is 0 Å². The molecule has 0 saturated carbocycles. The molecule has 0 aromatic rings. The van der Waals surface area contributed by atoms with Crippen LogP contribution in [0.4, 0.5) is 4.39 Å². The van der Waals surface area contributed by atoms with Gasteiger partial charge >= 0.3 is 0 Å². The summed E-state index contributed by atoms with van der Waals surface area (Å²) >= 11 is 0. The van der Waals surface area contributed by atoms with Crippen LogP contribution in [0, 0.1) is 11.3 Å². The fourth-order valence-corrected chi connectivity index (χ4v) is 2.76. The van der Waals surface area contributed by atoms with Gasteiger partial charge in [-0.05, 0) is 43.4 Å². The van der Waals surface area contributed by atoms with E-state index in [1.54, 1.807) is 18.2 Å². The summed E-state index contributed by atoms with van der Waals surface area (Å²) < 4.78 is 14.3. The molecule has 0 aromatic heterocycles. The molecule has 0 amide bonds. The van der Waals surface area contributed by atoms with Crippen LogP contribution in [-0.2, 0) is 0 Å². The van der Waals surface area contributed by atoms with Crippen LogP contribution in [0.2, 0.25) is 0 Å². The Labute approximate surface area is 122 Å². The minimum atomic E-state index is -0.209. The van der Waals surface area contributed by atoms with E-state index in [0.717, 1.165) is 16.7 Å². The Kier molecular flexibility index (Phi) is 5.50. The molecule has 0 radical (unpaired) electrons. The minimum absolute atomic E-state index is 0.0622. The monoisotopic (exact) mass is 272 g/mol. The van der Waals surface area contributed by atoms with E-state index in [1.165, 1.54) is 0 Å². The summed E-state index contributed by atoms with van der Waals surface area (Å²) in [5.74, 6) is -0.265. The summed E-state index contributed by atoms with van der Waals surface area (Å²) in [5, 5.41) is 0. The third-order valence-corrected chi connectivity index (χ3v) is 3.90. The normalized spacial score (nSPS) is 23.6. The molecule has 108 valence electrons. The van der Waals surface area contributed by atoms with Crippen LogP contribution in [0.25, 0.3) is 0 Å². The summed E-state index contributed by atoms with van der Waals surface area (Å²) in [5.41, 5.74) is 3.05. The standard InChI is InChI=1S/C19H25F/c1-7-10-16(11-8-2)14(3)15(4)18-17(20)12-9-13-19(18,5)6/h7-13,18H,1H2,2-6H3/b11-8-,15-14-,16-10+. The van der Waals surface area contributed by atoms with Gasteiger partial charge in [-0.15, -0.1) is 0 Å². The Balaban J connectivity index is 3.32. The zero-order valence-electron chi connectivity index (χ0n) is 13.2. The summed E-state index contributed by atoms with van der Waals surface area (Å²) in [7, 11) is 0. The molecule has 0 aromatic carbocycles. The van der Waals surface area contributed by atoms with Gasteiger partial charge in [0.15, 0.2) is 0 Å². The van der Waals surface area contributed by atoms with Crippen molar-refractivity contribution in [1.82, 2.24) is 0 Å². The summed E-state index contributed by atoms with van der Waals surface area (Å²) in [6.45, 7) is 13.9. The summed E-state index contributed by atoms with van der Waals surface area (Å²) in [6, 6.07) is 0. The van der Waals surface area contributed by atoms with Crippen LogP contribution >= 0.6 is 0 Å². The van der Waals surface area contributed by atoms with Gasteiger partial charge in [0.25, 0.3) is 0 Å². The zero-order valence-corrected chi connectivity index (χ0v) is 13.2. The first kappa shape index (κ1) is 16.4. The molecule has 1 heteroatoms. The van der Waals surface area contributed by atoms with Crippen molar-refractivity contribution in [2.45, 2.75) is 34.6 Å². The molecule has 0 N–H and O–H groups in total. The van der Waals surface area contributed by atoms with Gasteiger partial charge in [0.1, 0.15) is 5.83 Å². The average Bonchev–Trinajstić information content (AvgIpc) is 2.36. The highest BCUT2D eigenvalue weighted by atomic mass is 19.1. The molecule has 0 aliphatic heterocycles. The summed E-state index contributed by atoms with van der Waals surface area (Å²) in [4.78, 5) is 0. The Bertz CT molecular complexity index is 522. The lowest BCUT2D eigenvalue weighted by atomic mass is 9.70. The van der Waals surface area contributed by atoms with Crippen molar-refractivity contribution in [1.29, 1.82) is 0 Å². The van der Waals surface area contributed by atoms with Gasteiger partial charge in [-0.1, -0.05) is 62.5 Å². The second kappa shape index (κ2) is 6.69. The molecule has 1 rings (SSSR count). The topological polar surface area (TPSA) is 0 Å². The lowest BCUT2D eigenvalue weighted by Gasteiger charge is -2.34. The van der Waals surface area contributed by atoms with Crippen molar-refractivity contribution in [3.05, 3.63) is 71.7 Å². The van der Waals surface area contributed by atoms with Crippen molar-refractivity contribution < 1.29 is 4.39 Å². The van der Waals surface area contributed by atoms with Gasteiger partial charge in [0.2, 0.25) is 0 Å². The average molecular weight is 272 g/mol. The van der Waals surface area contributed by atoms with Gasteiger partial charge in [0.05, 0.1) is 0 Å².